The molecule has 4 rings (SSSR count). The van der Waals surface area contributed by atoms with E-state index in [-0.39, 0.29) is 17.7 Å². The van der Waals surface area contributed by atoms with E-state index in [9.17, 15) is 24.5 Å². The zero-order chi connectivity index (χ0) is 24.4. The largest absolute Gasteiger partial charge is 0.465 e. The number of nitro groups is 1. The maximum Gasteiger partial charge on any atom is 0.344 e. The fraction of sp³-hybridized carbons (Fsp3) is 0.250. The summed E-state index contributed by atoms with van der Waals surface area (Å²) < 4.78 is 11.2. The first kappa shape index (κ1) is 22.8. The molecule has 174 valence electrons. The SMILES string of the molecule is CCOC(=O)C1C=NCCc2c1n(C(=O)c1ccc(C(=O)OC)c([N+](=O)[O-])c1)c1ccccc21. The van der Waals surface area contributed by atoms with Gasteiger partial charge in [-0.2, -0.15) is 0 Å². The topological polar surface area (TPSA) is 130 Å². The van der Waals surface area contributed by atoms with E-state index in [1.54, 1.807) is 19.1 Å². The molecular formula is C24H21N3O7. The highest BCUT2D eigenvalue weighted by molar-refractivity contribution is 6.08. The number of benzene rings is 2. The molecule has 10 nitrogen and oxygen atoms in total. The Bertz CT molecular complexity index is 1360. The number of nitro benzene ring substituents is 1. The molecular weight excluding hydrogens is 442 g/mol. The fourth-order valence-corrected chi connectivity index (χ4v) is 4.19. The number of carbonyl (C=O) groups excluding carboxylic acids is 3. The van der Waals surface area contributed by atoms with Gasteiger partial charge in [0, 0.05) is 35.5 Å². The third-order valence-corrected chi connectivity index (χ3v) is 5.65. The number of aromatic nitrogens is 1. The fourth-order valence-electron chi connectivity index (χ4n) is 4.19. The van der Waals surface area contributed by atoms with Gasteiger partial charge in [-0.05, 0) is 37.1 Å². The van der Waals surface area contributed by atoms with Gasteiger partial charge >= 0.3 is 11.9 Å². The van der Waals surface area contributed by atoms with Gasteiger partial charge in [-0.15, -0.1) is 0 Å². The summed E-state index contributed by atoms with van der Waals surface area (Å²) in [5.74, 6) is -2.93. The number of rotatable bonds is 5. The molecule has 0 amide bonds. The number of para-hydroxylation sites is 1. The predicted molar refractivity (Wildman–Crippen MR) is 123 cm³/mol. The van der Waals surface area contributed by atoms with Crippen LogP contribution in [0.3, 0.4) is 0 Å². The Kier molecular flexibility index (Phi) is 6.22. The van der Waals surface area contributed by atoms with Crippen molar-refractivity contribution in [3.05, 3.63) is 75.0 Å². The molecule has 0 bridgehead atoms. The van der Waals surface area contributed by atoms with Crippen molar-refractivity contribution in [3.8, 4) is 0 Å². The summed E-state index contributed by atoms with van der Waals surface area (Å²) >= 11 is 0. The second kappa shape index (κ2) is 9.26. The summed E-state index contributed by atoms with van der Waals surface area (Å²) in [5, 5.41) is 12.4. The zero-order valence-electron chi connectivity index (χ0n) is 18.5. The smallest absolute Gasteiger partial charge is 0.344 e. The van der Waals surface area contributed by atoms with E-state index in [0.717, 1.165) is 24.1 Å². The summed E-state index contributed by atoms with van der Waals surface area (Å²) in [6.07, 6.45) is 1.99. The van der Waals surface area contributed by atoms with Gasteiger partial charge in [0.15, 0.2) is 0 Å². The highest BCUT2D eigenvalue weighted by Gasteiger charge is 2.33. The van der Waals surface area contributed by atoms with Crippen LogP contribution in [0, 0.1) is 10.1 Å². The Morgan fingerprint density at radius 3 is 2.68 bits per heavy atom. The minimum absolute atomic E-state index is 0.0216. The lowest BCUT2D eigenvalue weighted by Gasteiger charge is -2.16. The quantitative estimate of drug-likeness (QED) is 0.322. The predicted octanol–water partition coefficient (Wildman–Crippen LogP) is 3.30. The van der Waals surface area contributed by atoms with Crippen LogP contribution >= 0.6 is 0 Å². The highest BCUT2D eigenvalue weighted by Crippen LogP contribution is 2.34. The van der Waals surface area contributed by atoms with Crippen LogP contribution in [0.1, 0.15) is 44.8 Å². The first-order valence-electron chi connectivity index (χ1n) is 10.6. The lowest BCUT2D eigenvalue weighted by molar-refractivity contribution is -0.385. The standard InChI is InChI=1S/C24H21N3O7/c1-3-34-24(30)18-13-25-11-10-16-15-6-4-5-7-19(15)26(21(16)18)22(28)14-8-9-17(23(29)33-2)20(12-14)27(31)32/h4-9,12-13,18H,3,10-11H2,1-2H3. The molecule has 0 saturated heterocycles. The van der Waals surface area contributed by atoms with E-state index >= 15 is 0 Å². The van der Waals surface area contributed by atoms with Crippen molar-refractivity contribution < 1.29 is 28.8 Å². The maximum atomic E-state index is 13.8. The molecule has 0 N–H and O–H groups in total. The van der Waals surface area contributed by atoms with E-state index in [1.807, 2.05) is 12.1 Å². The van der Waals surface area contributed by atoms with Gasteiger partial charge < -0.3 is 9.47 Å². The van der Waals surface area contributed by atoms with Crippen LogP contribution in [-0.4, -0.2) is 53.8 Å². The van der Waals surface area contributed by atoms with Crippen molar-refractivity contribution in [3.63, 3.8) is 0 Å². The van der Waals surface area contributed by atoms with Crippen LogP contribution in [0.4, 0.5) is 5.69 Å². The van der Waals surface area contributed by atoms with Gasteiger partial charge in [0.05, 0.1) is 24.2 Å². The number of ether oxygens (including phenoxy) is 2. The molecule has 1 atom stereocenters. The Hall–Kier alpha value is -4.34. The lowest BCUT2D eigenvalue weighted by atomic mass is 9.99. The Morgan fingerprint density at radius 2 is 1.97 bits per heavy atom. The van der Waals surface area contributed by atoms with Gasteiger partial charge in [-0.25, -0.2) is 4.79 Å². The van der Waals surface area contributed by atoms with E-state index in [2.05, 4.69) is 9.73 Å². The normalized spacial score (nSPS) is 14.8. The van der Waals surface area contributed by atoms with Crippen molar-refractivity contribution in [1.82, 2.24) is 4.57 Å². The maximum absolute atomic E-state index is 13.8. The Morgan fingerprint density at radius 1 is 1.21 bits per heavy atom. The zero-order valence-corrected chi connectivity index (χ0v) is 18.5. The molecule has 2 aromatic carbocycles. The second-order valence-electron chi connectivity index (χ2n) is 7.54. The molecule has 10 heteroatoms. The highest BCUT2D eigenvalue weighted by atomic mass is 16.6. The van der Waals surface area contributed by atoms with Crippen LogP contribution < -0.4 is 0 Å². The monoisotopic (exact) mass is 463 g/mol. The molecule has 0 spiro atoms. The van der Waals surface area contributed by atoms with Crippen LogP contribution in [0.15, 0.2) is 47.5 Å². The lowest BCUT2D eigenvalue weighted by Crippen LogP contribution is -2.24. The molecule has 0 radical (unpaired) electrons. The minimum Gasteiger partial charge on any atom is -0.465 e. The molecule has 1 aliphatic heterocycles. The van der Waals surface area contributed by atoms with Gasteiger partial charge in [0.2, 0.25) is 0 Å². The number of hydrogen-bond donors (Lipinski definition) is 0. The third kappa shape index (κ3) is 3.83. The van der Waals surface area contributed by atoms with Crippen LogP contribution in [0.2, 0.25) is 0 Å². The van der Waals surface area contributed by atoms with E-state index < -0.39 is 34.4 Å². The molecule has 34 heavy (non-hydrogen) atoms. The Labute approximate surface area is 193 Å². The number of hydrogen-bond acceptors (Lipinski definition) is 8. The molecule has 1 aromatic heterocycles. The Balaban J connectivity index is 1.95. The summed E-state index contributed by atoms with van der Waals surface area (Å²) in [6, 6.07) is 10.8. The van der Waals surface area contributed by atoms with E-state index in [0.29, 0.717) is 24.2 Å². The van der Waals surface area contributed by atoms with Gasteiger partial charge in [-0.3, -0.25) is 29.3 Å². The summed E-state index contributed by atoms with van der Waals surface area (Å²) in [6.45, 7) is 2.29. The molecule has 1 unspecified atom stereocenters. The van der Waals surface area contributed by atoms with Gasteiger partial charge in [0.1, 0.15) is 11.5 Å². The van der Waals surface area contributed by atoms with Crippen molar-refractivity contribution in [2.24, 2.45) is 4.99 Å². The first-order valence-corrected chi connectivity index (χ1v) is 10.6. The number of carbonyl (C=O) groups is 3. The summed E-state index contributed by atoms with van der Waals surface area (Å²) in [4.78, 5) is 53.7. The van der Waals surface area contributed by atoms with Crippen molar-refractivity contribution in [2.45, 2.75) is 19.3 Å². The number of nitrogens with zero attached hydrogens (tertiary/aromatic N) is 3. The van der Waals surface area contributed by atoms with Crippen LogP contribution in [0.5, 0.6) is 0 Å². The summed E-state index contributed by atoms with van der Waals surface area (Å²) in [5.41, 5.74) is 0.930. The molecule has 3 aromatic rings. The number of esters is 2. The molecule has 0 saturated carbocycles. The third-order valence-electron chi connectivity index (χ3n) is 5.65. The molecule has 1 aliphatic rings. The van der Waals surface area contributed by atoms with E-state index in [4.69, 9.17) is 4.74 Å². The van der Waals surface area contributed by atoms with Crippen LogP contribution in [0.25, 0.3) is 10.9 Å². The van der Waals surface area contributed by atoms with Gasteiger partial charge in [-0.1, -0.05) is 18.2 Å². The number of aliphatic imine (C=N–C) groups is 1. The van der Waals surface area contributed by atoms with Crippen molar-refractivity contribution in [2.75, 3.05) is 20.3 Å². The average molecular weight is 463 g/mol. The average Bonchev–Trinajstić information content (AvgIpc) is 3.00. The van der Waals surface area contributed by atoms with E-state index in [1.165, 1.54) is 22.9 Å². The number of fused-ring (bicyclic) bond motifs is 3. The minimum atomic E-state index is -0.918. The van der Waals surface area contributed by atoms with Crippen molar-refractivity contribution >= 4 is 40.7 Å². The van der Waals surface area contributed by atoms with Crippen LogP contribution in [-0.2, 0) is 20.7 Å². The van der Waals surface area contributed by atoms with Crippen molar-refractivity contribution in [1.29, 1.82) is 0 Å². The summed E-state index contributed by atoms with van der Waals surface area (Å²) in [7, 11) is 1.11. The second-order valence-corrected chi connectivity index (χ2v) is 7.54. The molecule has 0 aliphatic carbocycles. The molecule has 2 heterocycles. The first-order chi connectivity index (χ1) is 16.4. The molecule has 0 fully saturated rings. The number of methoxy groups -OCH3 is 1. The van der Waals surface area contributed by atoms with Gasteiger partial charge in [0.25, 0.3) is 11.6 Å².